The summed E-state index contributed by atoms with van der Waals surface area (Å²) < 4.78 is 54.3. The minimum Gasteiger partial charge on any atom is -0.325 e. The fraction of sp³-hybridized carbons (Fsp3) is 0.190. The molecule has 1 aliphatic carbocycles. The number of hydrogen-bond acceptors (Lipinski definition) is 5. The predicted molar refractivity (Wildman–Crippen MR) is 108 cm³/mol. The van der Waals surface area contributed by atoms with Crippen LogP contribution >= 0.6 is 0 Å². The number of carbonyl (C=O) groups excluding carboxylic acids is 1. The van der Waals surface area contributed by atoms with Crippen LogP contribution in [0.15, 0.2) is 48.8 Å². The topological polar surface area (TPSA) is 101 Å². The van der Waals surface area contributed by atoms with Gasteiger partial charge in [-0.2, -0.15) is 10.3 Å². The first-order valence-corrected chi connectivity index (χ1v) is 9.85. The molecule has 5 rings (SSSR count). The average Bonchev–Trinajstić information content (AvgIpc) is 3.20. The van der Waals surface area contributed by atoms with Crippen LogP contribution in [-0.2, 0) is 10.2 Å². The molecule has 0 aliphatic heterocycles. The van der Waals surface area contributed by atoms with Gasteiger partial charge in [0, 0.05) is 11.9 Å². The molecule has 0 spiro atoms. The van der Waals surface area contributed by atoms with Gasteiger partial charge in [0.1, 0.15) is 0 Å². The zero-order valence-electron chi connectivity index (χ0n) is 16.8. The van der Waals surface area contributed by atoms with Crippen LogP contribution in [-0.4, -0.2) is 36.3 Å². The zero-order valence-corrected chi connectivity index (χ0v) is 16.8. The maximum Gasteiger partial charge on any atom is 0.266 e. The first kappa shape index (κ1) is 20.8. The van der Waals surface area contributed by atoms with Crippen molar-refractivity contribution < 1.29 is 22.4 Å². The number of H-pyrrole nitrogens is 1. The van der Waals surface area contributed by atoms with Crippen molar-refractivity contribution in [3.8, 4) is 17.1 Å². The molecule has 0 atom stereocenters. The monoisotopic (exact) mass is 457 g/mol. The molecule has 168 valence electrons. The number of tetrazole rings is 1. The van der Waals surface area contributed by atoms with E-state index in [0.717, 1.165) is 18.3 Å². The molecule has 1 amide bonds. The Morgan fingerprint density at radius 3 is 2.58 bits per heavy atom. The Kier molecular flexibility index (Phi) is 4.91. The number of nitrogens with zero attached hydrogens (tertiary/aromatic N) is 5. The van der Waals surface area contributed by atoms with Crippen molar-refractivity contribution >= 4 is 11.6 Å². The van der Waals surface area contributed by atoms with Crippen LogP contribution in [0.1, 0.15) is 30.4 Å². The van der Waals surface area contributed by atoms with Gasteiger partial charge in [-0.1, -0.05) is 6.07 Å². The molecular weight excluding hydrogens is 442 g/mol. The number of nitrogens with one attached hydrogen (secondary N) is 2. The maximum absolute atomic E-state index is 13.7. The van der Waals surface area contributed by atoms with Crippen molar-refractivity contribution in [3.63, 3.8) is 0 Å². The van der Waals surface area contributed by atoms with Crippen LogP contribution in [0, 0.1) is 11.6 Å². The van der Waals surface area contributed by atoms with E-state index in [9.17, 15) is 22.4 Å². The van der Waals surface area contributed by atoms with E-state index in [1.807, 2.05) is 0 Å². The highest BCUT2D eigenvalue weighted by atomic mass is 19.3. The summed E-state index contributed by atoms with van der Waals surface area (Å²) in [7, 11) is 0. The Labute approximate surface area is 183 Å². The Hall–Kier alpha value is -4.09. The zero-order chi connectivity index (χ0) is 23.2. The molecule has 1 fully saturated rings. The highest BCUT2D eigenvalue weighted by Gasteiger charge is 2.51. The lowest BCUT2D eigenvalue weighted by molar-refractivity contribution is -0.118. The van der Waals surface area contributed by atoms with E-state index in [4.69, 9.17) is 0 Å². The first-order valence-electron chi connectivity index (χ1n) is 9.85. The quantitative estimate of drug-likeness (QED) is 0.427. The molecule has 1 aliphatic rings. The SMILES string of the molecule is O=C(Nc1ccc(-n2cc(C(F)F)cn2)c(-c2nn[nH]n2)c1)C1(c2ccc(F)c(F)c2)CC1. The Bertz CT molecular complexity index is 1330. The Morgan fingerprint density at radius 2 is 1.94 bits per heavy atom. The van der Waals surface area contributed by atoms with E-state index in [1.165, 1.54) is 16.9 Å². The molecule has 12 heteroatoms. The third-order valence-corrected chi connectivity index (χ3v) is 5.60. The average molecular weight is 457 g/mol. The molecule has 8 nitrogen and oxygen atoms in total. The largest absolute Gasteiger partial charge is 0.325 e. The number of benzene rings is 2. The van der Waals surface area contributed by atoms with Crippen LogP contribution in [0.25, 0.3) is 17.1 Å². The number of alkyl halides is 2. The number of aromatic nitrogens is 6. The summed E-state index contributed by atoms with van der Waals surface area (Å²) in [5, 5.41) is 20.5. The standard InChI is InChI=1S/C21H15F4N7O/c22-15-3-1-12(7-16(15)23)21(5-6-21)20(33)27-13-2-4-17(14(8-13)19-28-30-31-29-19)32-10-11(9-26-32)18(24)25/h1-4,7-10,18H,5-6H2,(H,27,33)(H,28,29,30,31). The molecule has 0 radical (unpaired) electrons. The van der Waals surface area contributed by atoms with Crippen molar-refractivity contribution in [2.75, 3.05) is 5.32 Å². The van der Waals surface area contributed by atoms with E-state index < -0.39 is 23.5 Å². The van der Waals surface area contributed by atoms with Crippen LogP contribution in [0.2, 0.25) is 0 Å². The first-order chi connectivity index (χ1) is 15.9. The Balaban J connectivity index is 1.47. The van der Waals surface area contributed by atoms with Gasteiger partial charge in [-0.3, -0.25) is 4.79 Å². The van der Waals surface area contributed by atoms with Crippen molar-refractivity contribution in [3.05, 3.63) is 71.6 Å². The van der Waals surface area contributed by atoms with Crippen molar-refractivity contribution in [1.29, 1.82) is 0 Å². The number of carbonyl (C=O) groups is 1. The Morgan fingerprint density at radius 1 is 1.12 bits per heavy atom. The van der Waals surface area contributed by atoms with Crippen molar-refractivity contribution in [2.24, 2.45) is 0 Å². The minimum absolute atomic E-state index is 0.164. The molecule has 4 aromatic rings. The van der Waals surface area contributed by atoms with E-state index in [0.29, 0.717) is 35.3 Å². The molecule has 0 bridgehead atoms. The smallest absolute Gasteiger partial charge is 0.266 e. The molecular formula is C21H15F4N7O. The van der Waals surface area contributed by atoms with E-state index >= 15 is 0 Å². The minimum atomic E-state index is -2.68. The fourth-order valence-corrected chi connectivity index (χ4v) is 3.67. The number of anilines is 1. The summed E-state index contributed by atoms with van der Waals surface area (Å²) in [6.07, 6.45) is 0.535. The third kappa shape index (κ3) is 3.73. The van der Waals surface area contributed by atoms with Gasteiger partial charge in [-0.05, 0) is 54.0 Å². The molecule has 2 aromatic carbocycles. The van der Waals surface area contributed by atoms with Crippen molar-refractivity contribution in [2.45, 2.75) is 24.7 Å². The summed E-state index contributed by atoms with van der Waals surface area (Å²) in [4.78, 5) is 13.0. The van der Waals surface area contributed by atoms with Gasteiger partial charge >= 0.3 is 0 Å². The van der Waals surface area contributed by atoms with Gasteiger partial charge in [0.05, 0.1) is 28.4 Å². The van der Waals surface area contributed by atoms with Gasteiger partial charge in [-0.15, -0.1) is 10.2 Å². The lowest BCUT2D eigenvalue weighted by Gasteiger charge is -2.17. The number of halogens is 4. The third-order valence-electron chi connectivity index (χ3n) is 5.60. The highest BCUT2D eigenvalue weighted by Crippen LogP contribution is 2.49. The van der Waals surface area contributed by atoms with Gasteiger partial charge in [-0.25, -0.2) is 22.2 Å². The number of hydrogen-bond donors (Lipinski definition) is 2. The second-order valence-corrected chi connectivity index (χ2v) is 7.65. The van der Waals surface area contributed by atoms with E-state index in [1.54, 1.807) is 18.2 Å². The summed E-state index contributed by atoms with van der Waals surface area (Å²) in [5.74, 6) is -2.21. The van der Waals surface area contributed by atoms with Crippen LogP contribution in [0.3, 0.4) is 0 Å². The second kappa shape index (κ2) is 7.80. The van der Waals surface area contributed by atoms with E-state index in [2.05, 4.69) is 31.0 Å². The molecule has 0 saturated heterocycles. The summed E-state index contributed by atoms with van der Waals surface area (Å²) in [6, 6.07) is 8.13. The van der Waals surface area contributed by atoms with Crippen LogP contribution in [0.4, 0.5) is 23.2 Å². The number of amides is 1. The van der Waals surface area contributed by atoms with Gasteiger partial charge < -0.3 is 5.32 Å². The van der Waals surface area contributed by atoms with E-state index in [-0.39, 0.29) is 17.3 Å². The fourth-order valence-electron chi connectivity index (χ4n) is 3.67. The predicted octanol–water partition coefficient (Wildman–Crippen LogP) is 3.94. The van der Waals surface area contributed by atoms with Crippen LogP contribution in [0.5, 0.6) is 0 Å². The van der Waals surface area contributed by atoms with Gasteiger partial charge in [0.25, 0.3) is 6.43 Å². The molecule has 2 aromatic heterocycles. The maximum atomic E-state index is 13.7. The molecule has 2 N–H and O–H groups in total. The number of aromatic amines is 1. The summed E-state index contributed by atoms with van der Waals surface area (Å²) >= 11 is 0. The molecule has 33 heavy (non-hydrogen) atoms. The number of rotatable bonds is 6. The molecule has 2 heterocycles. The molecule has 0 unspecified atom stereocenters. The van der Waals surface area contributed by atoms with Crippen molar-refractivity contribution in [1.82, 2.24) is 30.4 Å². The normalized spacial score (nSPS) is 14.5. The van der Waals surface area contributed by atoms with Gasteiger partial charge in [0.2, 0.25) is 11.7 Å². The lowest BCUT2D eigenvalue weighted by atomic mass is 9.94. The van der Waals surface area contributed by atoms with Crippen LogP contribution < -0.4 is 5.32 Å². The summed E-state index contributed by atoms with van der Waals surface area (Å²) in [6.45, 7) is 0. The summed E-state index contributed by atoms with van der Waals surface area (Å²) in [5.41, 5.74) is 0.330. The lowest BCUT2D eigenvalue weighted by Crippen LogP contribution is -2.28. The molecule has 1 saturated carbocycles. The highest BCUT2D eigenvalue weighted by molar-refractivity contribution is 6.01. The second-order valence-electron chi connectivity index (χ2n) is 7.65. The van der Waals surface area contributed by atoms with Gasteiger partial charge in [0.15, 0.2) is 11.6 Å².